The number of halogens is 1. The average molecular weight is 321 g/mol. The average Bonchev–Trinajstić information content (AvgIpc) is 2.95. The minimum Gasteiger partial charge on any atom is -0.352 e. The van der Waals surface area contributed by atoms with Gasteiger partial charge in [-0.15, -0.1) is 0 Å². The molecule has 0 bridgehead atoms. The van der Waals surface area contributed by atoms with E-state index in [4.69, 9.17) is 11.6 Å². The number of rotatable bonds is 4. The van der Waals surface area contributed by atoms with Gasteiger partial charge in [-0.1, -0.05) is 35.1 Å². The number of nitrogens with one attached hydrogen (secondary N) is 1. The highest BCUT2D eigenvalue weighted by atomic mass is 35.5. The van der Waals surface area contributed by atoms with Crippen molar-refractivity contribution in [1.29, 1.82) is 0 Å². The summed E-state index contributed by atoms with van der Waals surface area (Å²) >= 11 is 7.53. The molecule has 0 saturated heterocycles. The van der Waals surface area contributed by atoms with Crippen LogP contribution in [0.25, 0.3) is 4.96 Å². The topological polar surface area (TPSA) is 59.3 Å². The van der Waals surface area contributed by atoms with Gasteiger partial charge in [-0.05, 0) is 19.1 Å². The Morgan fingerprint density at radius 1 is 1.43 bits per heavy atom. The smallest absolute Gasteiger partial charge is 0.252 e. The van der Waals surface area contributed by atoms with Gasteiger partial charge in [0.05, 0.1) is 22.5 Å². The van der Waals surface area contributed by atoms with Crippen LogP contribution >= 0.6 is 22.9 Å². The van der Waals surface area contributed by atoms with Crippen molar-refractivity contribution in [2.45, 2.75) is 13.3 Å². The van der Waals surface area contributed by atoms with Crippen molar-refractivity contribution >= 4 is 33.8 Å². The van der Waals surface area contributed by atoms with Crippen LogP contribution in [-0.4, -0.2) is 27.0 Å². The van der Waals surface area contributed by atoms with Gasteiger partial charge in [-0.25, -0.2) is 9.50 Å². The maximum Gasteiger partial charge on any atom is 0.252 e. The van der Waals surface area contributed by atoms with E-state index in [1.807, 2.05) is 13.1 Å². The lowest BCUT2D eigenvalue weighted by Gasteiger charge is -2.05. The van der Waals surface area contributed by atoms with Crippen LogP contribution in [0, 0.1) is 6.92 Å². The molecule has 0 fully saturated rings. The van der Waals surface area contributed by atoms with Gasteiger partial charge in [0.2, 0.25) is 4.96 Å². The third-order valence-corrected chi connectivity index (χ3v) is 4.15. The lowest BCUT2D eigenvalue weighted by molar-refractivity contribution is 0.0954. The van der Waals surface area contributed by atoms with E-state index in [9.17, 15) is 4.79 Å². The maximum atomic E-state index is 12.0. The highest BCUT2D eigenvalue weighted by Crippen LogP contribution is 2.15. The Balaban J connectivity index is 1.59. The molecule has 108 valence electrons. The first-order chi connectivity index (χ1) is 10.1. The van der Waals surface area contributed by atoms with Gasteiger partial charge in [-0.3, -0.25) is 4.79 Å². The summed E-state index contributed by atoms with van der Waals surface area (Å²) in [4.78, 5) is 17.3. The number of nitrogens with zero attached hydrogens (tertiary/aromatic N) is 3. The summed E-state index contributed by atoms with van der Waals surface area (Å²) in [6.45, 7) is 2.46. The second kappa shape index (κ2) is 5.83. The number of carbonyl (C=O) groups excluding carboxylic acids is 1. The predicted molar refractivity (Wildman–Crippen MR) is 83.1 cm³/mol. The number of aryl methyl sites for hydroxylation is 1. The van der Waals surface area contributed by atoms with Crippen LogP contribution in [0.3, 0.4) is 0 Å². The summed E-state index contributed by atoms with van der Waals surface area (Å²) in [5.41, 5.74) is 1.40. The first-order valence-electron chi connectivity index (χ1n) is 6.48. The van der Waals surface area contributed by atoms with E-state index >= 15 is 0 Å². The number of imidazole rings is 1. The number of fused-ring (bicyclic) bond motifs is 1. The van der Waals surface area contributed by atoms with E-state index in [1.54, 1.807) is 40.1 Å². The van der Waals surface area contributed by atoms with Gasteiger partial charge in [-0.2, -0.15) is 5.10 Å². The largest absolute Gasteiger partial charge is 0.352 e. The molecule has 7 heteroatoms. The first-order valence-corrected chi connectivity index (χ1v) is 7.67. The Labute approximate surface area is 130 Å². The predicted octanol–water partition coefficient (Wildman–Crippen LogP) is 2.73. The van der Waals surface area contributed by atoms with Crippen LogP contribution in [0.15, 0.2) is 30.5 Å². The molecule has 3 aromatic rings. The zero-order chi connectivity index (χ0) is 14.8. The second-order valence-electron chi connectivity index (χ2n) is 4.57. The Hall–Kier alpha value is -1.92. The summed E-state index contributed by atoms with van der Waals surface area (Å²) < 4.78 is 1.77. The fraction of sp³-hybridized carbons (Fsp3) is 0.214. The highest BCUT2D eigenvalue weighted by molar-refractivity contribution is 7.16. The summed E-state index contributed by atoms with van der Waals surface area (Å²) in [6.07, 6.45) is 2.55. The molecule has 0 radical (unpaired) electrons. The van der Waals surface area contributed by atoms with Gasteiger partial charge >= 0.3 is 0 Å². The van der Waals surface area contributed by atoms with Crippen LogP contribution in [0.2, 0.25) is 5.02 Å². The number of hydrogen-bond acceptors (Lipinski definition) is 4. The van der Waals surface area contributed by atoms with Crippen LogP contribution in [0.5, 0.6) is 0 Å². The molecule has 1 N–H and O–H groups in total. The molecule has 2 aromatic heterocycles. The number of carbonyl (C=O) groups is 1. The van der Waals surface area contributed by atoms with Gasteiger partial charge in [0.25, 0.3) is 5.91 Å². The quantitative estimate of drug-likeness (QED) is 0.804. The highest BCUT2D eigenvalue weighted by Gasteiger charge is 2.10. The minimum atomic E-state index is -0.171. The monoisotopic (exact) mass is 320 g/mol. The van der Waals surface area contributed by atoms with E-state index in [1.165, 1.54) is 0 Å². The molecule has 3 rings (SSSR count). The van der Waals surface area contributed by atoms with E-state index in [2.05, 4.69) is 15.4 Å². The van der Waals surface area contributed by atoms with E-state index < -0.39 is 0 Å². The molecule has 5 nitrogen and oxygen atoms in total. The molecular weight excluding hydrogens is 308 g/mol. The molecule has 1 aromatic carbocycles. The number of amides is 1. The van der Waals surface area contributed by atoms with Crippen molar-refractivity contribution in [1.82, 2.24) is 19.9 Å². The zero-order valence-electron chi connectivity index (χ0n) is 11.3. The molecule has 0 aliphatic carbocycles. The van der Waals surface area contributed by atoms with Crippen LogP contribution < -0.4 is 5.32 Å². The lowest BCUT2D eigenvalue weighted by atomic mass is 10.2. The first kappa shape index (κ1) is 14.0. The van der Waals surface area contributed by atoms with Crippen molar-refractivity contribution < 1.29 is 4.79 Å². The summed E-state index contributed by atoms with van der Waals surface area (Å²) in [5, 5.41) is 8.59. The summed E-state index contributed by atoms with van der Waals surface area (Å²) in [5.74, 6) is -0.171. The third-order valence-electron chi connectivity index (χ3n) is 2.98. The number of aromatic nitrogens is 3. The Bertz CT molecular complexity index is 764. The Morgan fingerprint density at radius 3 is 3.00 bits per heavy atom. The van der Waals surface area contributed by atoms with E-state index in [-0.39, 0.29) is 5.91 Å². The Kier molecular flexibility index (Phi) is 3.90. The van der Waals surface area contributed by atoms with Gasteiger partial charge in [0.1, 0.15) is 5.01 Å². The number of benzene rings is 1. The fourth-order valence-corrected chi connectivity index (χ4v) is 2.97. The van der Waals surface area contributed by atoms with Crippen molar-refractivity contribution in [3.8, 4) is 0 Å². The third kappa shape index (κ3) is 3.06. The fourth-order valence-electron chi connectivity index (χ4n) is 2.01. The van der Waals surface area contributed by atoms with Crippen molar-refractivity contribution in [3.63, 3.8) is 0 Å². The normalized spacial score (nSPS) is 11.0. The van der Waals surface area contributed by atoms with Gasteiger partial charge in [0, 0.05) is 13.0 Å². The molecule has 21 heavy (non-hydrogen) atoms. The van der Waals surface area contributed by atoms with Crippen molar-refractivity contribution in [3.05, 3.63) is 51.7 Å². The van der Waals surface area contributed by atoms with Crippen molar-refractivity contribution in [2.75, 3.05) is 6.54 Å². The summed E-state index contributed by atoms with van der Waals surface area (Å²) in [7, 11) is 0. The van der Waals surface area contributed by atoms with Crippen LogP contribution in [0.1, 0.15) is 21.1 Å². The molecular formula is C14H13ClN4OS. The SMILES string of the molecule is Cc1nn2cc(CCNC(=O)c3ccccc3Cl)nc2s1. The van der Waals surface area contributed by atoms with Crippen molar-refractivity contribution in [2.24, 2.45) is 0 Å². The molecule has 0 aliphatic heterocycles. The van der Waals surface area contributed by atoms with E-state index in [0.29, 0.717) is 23.6 Å². The van der Waals surface area contributed by atoms with Gasteiger partial charge in [0.15, 0.2) is 0 Å². The number of hydrogen-bond donors (Lipinski definition) is 1. The molecule has 0 aliphatic rings. The van der Waals surface area contributed by atoms with Crippen LogP contribution in [-0.2, 0) is 6.42 Å². The van der Waals surface area contributed by atoms with Gasteiger partial charge < -0.3 is 5.32 Å². The van der Waals surface area contributed by atoms with Crippen LogP contribution in [0.4, 0.5) is 0 Å². The molecule has 0 saturated carbocycles. The molecule has 0 spiro atoms. The maximum absolute atomic E-state index is 12.0. The standard InChI is InChI=1S/C14H13ClN4OS/c1-9-18-19-8-10(17-14(19)21-9)6-7-16-13(20)11-4-2-3-5-12(11)15/h2-5,8H,6-7H2,1H3,(H,16,20). The Morgan fingerprint density at radius 2 is 2.24 bits per heavy atom. The minimum absolute atomic E-state index is 0.171. The zero-order valence-corrected chi connectivity index (χ0v) is 12.9. The lowest BCUT2D eigenvalue weighted by Crippen LogP contribution is -2.26. The molecule has 2 heterocycles. The summed E-state index contributed by atoms with van der Waals surface area (Å²) in [6, 6.07) is 7.00. The molecule has 0 unspecified atom stereocenters. The molecule has 1 amide bonds. The van der Waals surface area contributed by atoms with E-state index in [0.717, 1.165) is 15.7 Å². The second-order valence-corrected chi connectivity index (χ2v) is 6.13. The molecule has 0 atom stereocenters.